The van der Waals surface area contributed by atoms with Gasteiger partial charge in [-0.2, -0.15) is 13.2 Å². The van der Waals surface area contributed by atoms with Gasteiger partial charge >= 0.3 is 6.18 Å². The van der Waals surface area contributed by atoms with Crippen LogP contribution in [0.4, 0.5) is 22.0 Å². The maximum atomic E-state index is 13.1. The molecule has 1 rings (SSSR count). The lowest BCUT2D eigenvalue weighted by Crippen LogP contribution is -2.42. The van der Waals surface area contributed by atoms with Crippen LogP contribution in [0.5, 0.6) is 0 Å². The zero-order chi connectivity index (χ0) is 10.3. The second kappa shape index (κ2) is 2.97. The summed E-state index contributed by atoms with van der Waals surface area (Å²) < 4.78 is 61.7. The van der Waals surface area contributed by atoms with Gasteiger partial charge in [-0.1, -0.05) is 11.6 Å². The van der Waals surface area contributed by atoms with Gasteiger partial charge in [0, 0.05) is 6.42 Å². The fourth-order valence-corrected chi connectivity index (χ4v) is 1.14. The molecule has 0 spiro atoms. The highest BCUT2D eigenvalue weighted by Gasteiger charge is 2.59. The van der Waals surface area contributed by atoms with Crippen molar-refractivity contribution in [3.05, 3.63) is 23.0 Å². The van der Waals surface area contributed by atoms with Gasteiger partial charge in [-0.05, 0) is 12.2 Å². The Bertz CT molecular complexity index is 277. The molecule has 1 atom stereocenters. The number of rotatable bonds is 0. The lowest BCUT2D eigenvalue weighted by Gasteiger charge is -2.28. The summed E-state index contributed by atoms with van der Waals surface area (Å²) in [5, 5.41) is -1.04. The second-order valence-corrected chi connectivity index (χ2v) is 3.01. The van der Waals surface area contributed by atoms with E-state index in [4.69, 9.17) is 11.6 Å². The van der Waals surface area contributed by atoms with E-state index in [9.17, 15) is 22.0 Å². The Morgan fingerprint density at radius 1 is 1.31 bits per heavy atom. The molecular formula is C7H4ClF5. The third-order valence-electron chi connectivity index (χ3n) is 1.65. The van der Waals surface area contributed by atoms with Gasteiger partial charge in [0.1, 0.15) is 5.83 Å². The number of hydrogen-bond acceptors (Lipinski definition) is 0. The van der Waals surface area contributed by atoms with Crippen LogP contribution in [0, 0.1) is 0 Å². The summed E-state index contributed by atoms with van der Waals surface area (Å²) in [6, 6.07) is 0. The third kappa shape index (κ3) is 1.70. The fraction of sp³-hybridized carbons (Fsp3) is 0.429. The molecule has 0 aromatic heterocycles. The van der Waals surface area contributed by atoms with Crippen molar-refractivity contribution in [2.24, 2.45) is 0 Å². The maximum Gasteiger partial charge on any atom is 0.428 e. The Balaban J connectivity index is 3.07. The molecule has 0 aliphatic heterocycles. The molecule has 0 aromatic rings. The van der Waals surface area contributed by atoms with E-state index in [-0.39, 0.29) is 0 Å². The molecule has 74 valence electrons. The van der Waals surface area contributed by atoms with E-state index in [1.165, 1.54) is 0 Å². The van der Waals surface area contributed by atoms with Crippen LogP contribution >= 0.6 is 11.6 Å². The second-order valence-electron chi connectivity index (χ2n) is 2.60. The summed E-state index contributed by atoms with van der Waals surface area (Å²) in [6.45, 7) is 0. The van der Waals surface area contributed by atoms with Crippen LogP contribution in [0.1, 0.15) is 6.42 Å². The number of allylic oxidation sites excluding steroid dienone is 4. The Labute approximate surface area is 75.7 Å². The minimum atomic E-state index is -5.19. The van der Waals surface area contributed by atoms with E-state index in [1.807, 2.05) is 0 Å². The number of halogens is 6. The molecule has 1 unspecified atom stereocenters. The highest BCUT2D eigenvalue weighted by Crippen LogP contribution is 2.47. The summed E-state index contributed by atoms with van der Waals surface area (Å²) in [5.74, 6) is -1.18. The largest absolute Gasteiger partial charge is 0.428 e. The van der Waals surface area contributed by atoms with Gasteiger partial charge in [0.15, 0.2) is 0 Å². The molecule has 0 radical (unpaired) electrons. The van der Waals surface area contributed by atoms with E-state index in [0.29, 0.717) is 12.2 Å². The SMILES string of the molecule is FC1=CC=C(Cl)C(F)(C(F)(F)F)C1. The van der Waals surface area contributed by atoms with E-state index in [1.54, 1.807) is 0 Å². The minimum absolute atomic E-state index is 0.577. The molecule has 1 aliphatic carbocycles. The topological polar surface area (TPSA) is 0 Å². The van der Waals surface area contributed by atoms with E-state index in [0.717, 1.165) is 0 Å². The molecule has 0 N–H and O–H groups in total. The van der Waals surface area contributed by atoms with Crippen molar-refractivity contribution in [2.75, 3.05) is 0 Å². The normalized spacial score (nSPS) is 29.7. The average molecular weight is 219 g/mol. The van der Waals surface area contributed by atoms with E-state index >= 15 is 0 Å². The first-order valence-corrected chi connectivity index (χ1v) is 3.63. The van der Waals surface area contributed by atoms with Crippen LogP contribution in [-0.2, 0) is 0 Å². The maximum absolute atomic E-state index is 13.1. The highest BCUT2D eigenvalue weighted by atomic mass is 35.5. The molecule has 0 bridgehead atoms. The molecule has 0 amide bonds. The van der Waals surface area contributed by atoms with Crippen molar-refractivity contribution in [3.8, 4) is 0 Å². The van der Waals surface area contributed by atoms with Crippen molar-refractivity contribution >= 4 is 11.6 Å². The predicted molar refractivity (Wildman–Crippen MR) is 37.6 cm³/mol. The van der Waals surface area contributed by atoms with Crippen LogP contribution < -0.4 is 0 Å². The predicted octanol–water partition coefficient (Wildman–Crippen LogP) is 3.64. The summed E-state index contributed by atoms with van der Waals surface area (Å²) in [5.41, 5.74) is -3.77. The molecule has 0 aromatic carbocycles. The van der Waals surface area contributed by atoms with E-state index in [2.05, 4.69) is 0 Å². The highest BCUT2D eigenvalue weighted by molar-refractivity contribution is 6.31. The smallest absolute Gasteiger partial charge is 0.227 e. The van der Waals surface area contributed by atoms with Crippen LogP contribution in [-0.4, -0.2) is 11.8 Å². The van der Waals surface area contributed by atoms with Crippen LogP contribution in [0.2, 0.25) is 0 Å². The minimum Gasteiger partial charge on any atom is -0.227 e. The fourth-order valence-electron chi connectivity index (χ4n) is 0.907. The Morgan fingerprint density at radius 3 is 2.23 bits per heavy atom. The molecule has 0 saturated heterocycles. The lowest BCUT2D eigenvalue weighted by atomic mass is 9.95. The van der Waals surface area contributed by atoms with Crippen LogP contribution in [0.25, 0.3) is 0 Å². The van der Waals surface area contributed by atoms with Crippen molar-refractivity contribution < 1.29 is 22.0 Å². The van der Waals surface area contributed by atoms with Gasteiger partial charge in [0.2, 0.25) is 5.67 Å². The lowest BCUT2D eigenvalue weighted by molar-refractivity contribution is -0.214. The summed E-state index contributed by atoms with van der Waals surface area (Å²) >= 11 is 5.03. The Hall–Kier alpha value is -0.580. The molecule has 0 nitrogen and oxygen atoms in total. The first kappa shape index (κ1) is 10.5. The third-order valence-corrected chi connectivity index (χ3v) is 2.08. The van der Waals surface area contributed by atoms with Crippen molar-refractivity contribution in [3.63, 3.8) is 0 Å². The van der Waals surface area contributed by atoms with Gasteiger partial charge in [-0.3, -0.25) is 0 Å². The Kier molecular flexibility index (Phi) is 2.40. The van der Waals surface area contributed by atoms with E-state index < -0.39 is 29.1 Å². The summed E-state index contributed by atoms with van der Waals surface area (Å²) in [7, 11) is 0. The summed E-state index contributed by atoms with van der Waals surface area (Å²) in [4.78, 5) is 0. The Morgan fingerprint density at radius 2 is 1.85 bits per heavy atom. The van der Waals surface area contributed by atoms with Crippen LogP contribution in [0.3, 0.4) is 0 Å². The first-order chi connectivity index (χ1) is 5.77. The molecule has 1 aliphatic rings. The number of hydrogen-bond donors (Lipinski definition) is 0. The number of alkyl halides is 4. The molecule has 13 heavy (non-hydrogen) atoms. The van der Waals surface area contributed by atoms with Crippen molar-refractivity contribution in [1.82, 2.24) is 0 Å². The zero-order valence-electron chi connectivity index (χ0n) is 6.13. The monoisotopic (exact) mass is 218 g/mol. The summed E-state index contributed by atoms with van der Waals surface area (Å²) in [6.07, 6.45) is -5.28. The van der Waals surface area contributed by atoms with Gasteiger partial charge in [0.05, 0.1) is 5.03 Å². The molecular weight excluding hydrogens is 215 g/mol. The average Bonchev–Trinajstić information content (AvgIpc) is 1.95. The molecule has 0 fully saturated rings. The molecule has 0 saturated carbocycles. The van der Waals surface area contributed by atoms with Crippen LogP contribution in [0.15, 0.2) is 23.0 Å². The van der Waals surface area contributed by atoms with Crippen molar-refractivity contribution in [2.45, 2.75) is 18.3 Å². The molecule has 0 heterocycles. The van der Waals surface area contributed by atoms with Gasteiger partial charge in [-0.25, -0.2) is 8.78 Å². The van der Waals surface area contributed by atoms with Gasteiger partial charge in [-0.15, -0.1) is 0 Å². The standard InChI is InChI=1S/C7H4ClF5/c8-5-2-1-4(9)3-6(5,10)7(11,12)13/h1-2H,3H2. The van der Waals surface area contributed by atoms with Gasteiger partial charge in [0.25, 0.3) is 0 Å². The molecule has 6 heteroatoms. The van der Waals surface area contributed by atoms with Gasteiger partial charge < -0.3 is 0 Å². The first-order valence-electron chi connectivity index (χ1n) is 3.25. The van der Waals surface area contributed by atoms with Crippen molar-refractivity contribution in [1.29, 1.82) is 0 Å². The zero-order valence-corrected chi connectivity index (χ0v) is 6.89. The quantitative estimate of drug-likeness (QED) is 0.545.